The molecular weight excluding hydrogens is 212 g/mol. The first-order valence-corrected chi connectivity index (χ1v) is 5.88. The zero-order chi connectivity index (χ0) is 12.3. The first kappa shape index (κ1) is 11.7. The van der Waals surface area contributed by atoms with Crippen LogP contribution in [0.4, 0.5) is 0 Å². The summed E-state index contributed by atoms with van der Waals surface area (Å²) in [5.41, 5.74) is 3.67. The van der Waals surface area contributed by atoms with E-state index in [2.05, 4.69) is 36.3 Å². The van der Waals surface area contributed by atoms with Gasteiger partial charge in [-0.2, -0.15) is 5.10 Å². The van der Waals surface area contributed by atoms with Crippen molar-refractivity contribution < 1.29 is 4.74 Å². The summed E-state index contributed by atoms with van der Waals surface area (Å²) < 4.78 is 7.22. The molecule has 0 radical (unpaired) electrons. The van der Waals surface area contributed by atoms with Gasteiger partial charge in [0.05, 0.1) is 19.9 Å². The minimum atomic E-state index is 0.751. The Morgan fingerprint density at radius 2 is 1.82 bits per heavy atom. The minimum Gasteiger partial charge on any atom is -0.481 e. The van der Waals surface area contributed by atoms with Crippen LogP contribution >= 0.6 is 0 Å². The predicted molar refractivity (Wildman–Crippen MR) is 68.4 cm³/mol. The molecule has 1 aromatic carbocycles. The highest BCUT2D eigenvalue weighted by Crippen LogP contribution is 2.18. The van der Waals surface area contributed by atoms with Gasteiger partial charge in [0.25, 0.3) is 0 Å². The summed E-state index contributed by atoms with van der Waals surface area (Å²) >= 11 is 0. The molecule has 1 aromatic heterocycles. The molecule has 0 amide bonds. The van der Waals surface area contributed by atoms with E-state index in [9.17, 15) is 0 Å². The molecule has 2 aromatic rings. The fraction of sp³-hybridized carbons (Fsp3) is 0.357. The number of aryl methyl sites for hydroxylation is 2. The number of ether oxygens (including phenoxy) is 1. The highest BCUT2D eigenvalue weighted by Gasteiger charge is 2.07. The van der Waals surface area contributed by atoms with Crippen LogP contribution in [-0.4, -0.2) is 16.9 Å². The minimum absolute atomic E-state index is 0.751. The average Bonchev–Trinajstić information content (AvgIpc) is 2.71. The van der Waals surface area contributed by atoms with Gasteiger partial charge in [0.1, 0.15) is 0 Å². The molecule has 0 atom stereocenters. The van der Waals surface area contributed by atoms with Gasteiger partial charge in [0, 0.05) is 5.56 Å². The molecule has 0 spiro atoms. The van der Waals surface area contributed by atoms with Crippen LogP contribution in [0, 0.1) is 6.92 Å². The monoisotopic (exact) mass is 230 g/mol. The van der Waals surface area contributed by atoms with Gasteiger partial charge in [-0.15, -0.1) is 0 Å². The Balaban J connectivity index is 2.19. The summed E-state index contributed by atoms with van der Waals surface area (Å²) in [6.45, 7) is 4.92. The summed E-state index contributed by atoms with van der Waals surface area (Å²) in [6.07, 6.45) is 2.91. The van der Waals surface area contributed by atoms with Crippen molar-refractivity contribution in [3.8, 4) is 5.88 Å². The zero-order valence-electron chi connectivity index (χ0n) is 10.6. The van der Waals surface area contributed by atoms with Gasteiger partial charge in [-0.3, -0.25) is 0 Å². The number of rotatable bonds is 4. The van der Waals surface area contributed by atoms with Gasteiger partial charge in [0.15, 0.2) is 0 Å². The summed E-state index contributed by atoms with van der Waals surface area (Å²) in [7, 11) is 1.68. The third-order valence-electron chi connectivity index (χ3n) is 2.92. The summed E-state index contributed by atoms with van der Waals surface area (Å²) in [6, 6.07) is 8.63. The second-order valence-electron chi connectivity index (χ2n) is 4.16. The number of methoxy groups -OCH3 is 1. The summed E-state index contributed by atoms with van der Waals surface area (Å²) in [5, 5.41) is 4.32. The van der Waals surface area contributed by atoms with Gasteiger partial charge in [-0.25, -0.2) is 4.68 Å². The lowest BCUT2D eigenvalue weighted by atomic mass is 10.1. The third kappa shape index (κ3) is 2.49. The third-order valence-corrected chi connectivity index (χ3v) is 2.92. The fourth-order valence-corrected chi connectivity index (χ4v) is 1.90. The number of hydrogen-bond donors (Lipinski definition) is 0. The van der Waals surface area contributed by atoms with E-state index < -0.39 is 0 Å². The van der Waals surface area contributed by atoms with Crippen LogP contribution in [0.2, 0.25) is 0 Å². The van der Waals surface area contributed by atoms with Crippen LogP contribution in [0.15, 0.2) is 30.5 Å². The SMILES string of the molecule is CCc1ccc(Cn2ncc(C)c2OC)cc1. The Morgan fingerprint density at radius 3 is 2.41 bits per heavy atom. The quantitative estimate of drug-likeness (QED) is 0.807. The van der Waals surface area contributed by atoms with E-state index in [-0.39, 0.29) is 0 Å². The van der Waals surface area contributed by atoms with E-state index in [1.807, 2.05) is 17.8 Å². The number of aromatic nitrogens is 2. The van der Waals surface area contributed by atoms with Crippen molar-refractivity contribution in [2.24, 2.45) is 0 Å². The molecular formula is C14H18N2O. The maximum Gasteiger partial charge on any atom is 0.214 e. The molecule has 3 heteroatoms. The molecule has 2 rings (SSSR count). The molecule has 17 heavy (non-hydrogen) atoms. The van der Waals surface area contributed by atoms with E-state index >= 15 is 0 Å². The van der Waals surface area contributed by atoms with Crippen LogP contribution in [0.25, 0.3) is 0 Å². The van der Waals surface area contributed by atoms with Crippen molar-refractivity contribution >= 4 is 0 Å². The first-order valence-electron chi connectivity index (χ1n) is 5.88. The van der Waals surface area contributed by atoms with Crippen molar-refractivity contribution in [2.45, 2.75) is 26.8 Å². The predicted octanol–water partition coefficient (Wildman–Crippen LogP) is 2.81. The Morgan fingerprint density at radius 1 is 1.18 bits per heavy atom. The standard InChI is InChI=1S/C14H18N2O/c1-4-12-5-7-13(8-6-12)10-16-14(17-3)11(2)9-15-16/h5-9H,4,10H2,1-3H3. The van der Waals surface area contributed by atoms with E-state index in [4.69, 9.17) is 4.74 Å². The van der Waals surface area contributed by atoms with Crippen LogP contribution < -0.4 is 4.74 Å². The molecule has 0 saturated heterocycles. The van der Waals surface area contributed by atoms with Crippen LogP contribution in [-0.2, 0) is 13.0 Å². The lowest BCUT2D eigenvalue weighted by Gasteiger charge is -2.07. The zero-order valence-corrected chi connectivity index (χ0v) is 10.6. The molecule has 0 bridgehead atoms. The Bertz CT molecular complexity index is 485. The Hall–Kier alpha value is -1.77. The Kier molecular flexibility index (Phi) is 3.47. The molecule has 0 aliphatic carbocycles. The van der Waals surface area contributed by atoms with E-state index in [1.54, 1.807) is 7.11 Å². The van der Waals surface area contributed by atoms with E-state index in [1.165, 1.54) is 11.1 Å². The van der Waals surface area contributed by atoms with Crippen LogP contribution in [0.5, 0.6) is 5.88 Å². The lowest BCUT2D eigenvalue weighted by Crippen LogP contribution is -2.04. The van der Waals surface area contributed by atoms with E-state index in [0.717, 1.165) is 24.4 Å². The molecule has 0 fully saturated rings. The molecule has 0 unspecified atom stereocenters. The smallest absolute Gasteiger partial charge is 0.214 e. The molecule has 0 aliphatic rings. The largest absolute Gasteiger partial charge is 0.481 e. The van der Waals surface area contributed by atoms with E-state index in [0.29, 0.717) is 0 Å². The molecule has 0 saturated carbocycles. The number of benzene rings is 1. The van der Waals surface area contributed by atoms with Crippen molar-refractivity contribution in [2.75, 3.05) is 7.11 Å². The molecule has 3 nitrogen and oxygen atoms in total. The fourth-order valence-electron chi connectivity index (χ4n) is 1.90. The van der Waals surface area contributed by atoms with Crippen molar-refractivity contribution in [3.05, 3.63) is 47.2 Å². The maximum absolute atomic E-state index is 5.33. The van der Waals surface area contributed by atoms with Crippen molar-refractivity contribution in [1.82, 2.24) is 9.78 Å². The summed E-state index contributed by atoms with van der Waals surface area (Å²) in [5.74, 6) is 0.838. The highest BCUT2D eigenvalue weighted by molar-refractivity contribution is 5.26. The second-order valence-corrected chi connectivity index (χ2v) is 4.16. The van der Waals surface area contributed by atoms with Crippen LogP contribution in [0.1, 0.15) is 23.6 Å². The lowest BCUT2D eigenvalue weighted by molar-refractivity contribution is 0.364. The van der Waals surface area contributed by atoms with Crippen LogP contribution in [0.3, 0.4) is 0 Å². The second kappa shape index (κ2) is 5.04. The molecule has 90 valence electrons. The van der Waals surface area contributed by atoms with Gasteiger partial charge in [-0.05, 0) is 24.5 Å². The van der Waals surface area contributed by atoms with Gasteiger partial charge >= 0.3 is 0 Å². The Labute approximate surface area is 102 Å². The molecule has 0 aliphatic heterocycles. The van der Waals surface area contributed by atoms with Gasteiger partial charge < -0.3 is 4.74 Å². The topological polar surface area (TPSA) is 27.1 Å². The van der Waals surface area contributed by atoms with Gasteiger partial charge in [-0.1, -0.05) is 31.2 Å². The van der Waals surface area contributed by atoms with Crippen molar-refractivity contribution in [3.63, 3.8) is 0 Å². The highest BCUT2D eigenvalue weighted by atomic mass is 16.5. The van der Waals surface area contributed by atoms with Gasteiger partial charge in [0.2, 0.25) is 5.88 Å². The molecule has 1 heterocycles. The maximum atomic E-state index is 5.33. The van der Waals surface area contributed by atoms with Crippen molar-refractivity contribution in [1.29, 1.82) is 0 Å². The number of nitrogens with zero attached hydrogens (tertiary/aromatic N) is 2. The summed E-state index contributed by atoms with van der Waals surface area (Å²) in [4.78, 5) is 0. The normalized spacial score (nSPS) is 10.5. The molecule has 0 N–H and O–H groups in total. The average molecular weight is 230 g/mol. The number of hydrogen-bond acceptors (Lipinski definition) is 2. The first-order chi connectivity index (χ1) is 8.24.